The average molecular weight is 333 g/mol. The fourth-order valence-corrected chi connectivity index (χ4v) is 2.77. The predicted octanol–water partition coefficient (Wildman–Crippen LogP) is 2.54. The molecule has 1 aromatic carbocycles. The zero-order chi connectivity index (χ0) is 17.1. The Bertz CT molecular complexity index is 712. The second-order valence-electron chi connectivity index (χ2n) is 5.70. The van der Waals surface area contributed by atoms with Gasteiger partial charge >= 0.3 is 0 Å². The molecule has 0 fully saturated rings. The van der Waals surface area contributed by atoms with Crippen molar-refractivity contribution in [3.63, 3.8) is 0 Å². The number of benzene rings is 1. The number of nitrogens with zero attached hydrogens (tertiary/aromatic N) is 2. The van der Waals surface area contributed by atoms with Gasteiger partial charge in [-0.05, 0) is 25.0 Å². The number of hydrogen-bond acceptors (Lipinski definition) is 4. The zero-order valence-electron chi connectivity index (χ0n) is 13.0. The largest absolute Gasteiger partial charge is 0.483 e. The Balaban J connectivity index is 1.77. The molecule has 1 aromatic heterocycles. The second-order valence-corrected chi connectivity index (χ2v) is 5.70. The topological polar surface area (TPSA) is 64.1 Å². The molecule has 1 aliphatic heterocycles. The smallest absolute Gasteiger partial charge is 0.275 e. The molecule has 1 amide bonds. The first-order chi connectivity index (χ1) is 11.6. The lowest BCUT2D eigenvalue weighted by molar-refractivity contribution is -0.133. The number of fused-ring (bicyclic) bond motifs is 1. The third kappa shape index (κ3) is 3.34. The third-order valence-electron chi connectivity index (χ3n) is 4.04. The Morgan fingerprint density at radius 3 is 2.83 bits per heavy atom. The quantitative estimate of drug-likeness (QED) is 0.934. The van der Waals surface area contributed by atoms with Crippen molar-refractivity contribution in [1.82, 2.24) is 15.3 Å². The second kappa shape index (κ2) is 6.90. The van der Waals surface area contributed by atoms with Gasteiger partial charge < -0.3 is 10.1 Å². The van der Waals surface area contributed by atoms with Crippen molar-refractivity contribution in [3.05, 3.63) is 54.1 Å². The summed E-state index contributed by atoms with van der Waals surface area (Å²) in [5, 5.41) is 2.73. The number of para-hydroxylation sites is 1. The van der Waals surface area contributed by atoms with Gasteiger partial charge in [0.1, 0.15) is 5.75 Å². The first kappa shape index (κ1) is 16.3. The third-order valence-corrected chi connectivity index (χ3v) is 4.04. The highest BCUT2D eigenvalue weighted by Gasteiger charge is 2.41. The van der Waals surface area contributed by atoms with Gasteiger partial charge in [0.25, 0.3) is 6.43 Å². The van der Waals surface area contributed by atoms with Crippen LogP contribution in [0.4, 0.5) is 8.78 Å². The summed E-state index contributed by atoms with van der Waals surface area (Å²) in [6.45, 7) is 1.73. The number of carbonyl (C=O) groups excluding carboxylic acids is 1. The van der Waals surface area contributed by atoms with Gasteiger partial charge in [-0.15, -0.1) is 0 Å². The molecule has 5 nitrogen and oxygen atoms in total. The molecule has 3 atom stereocenters. The van der Waals surface area contributed by atoms with Crippen molar-refractivity contribution in [3.8, 4) is 5.75 Å². The molecule has 1 aliphatic rings. The summed E-state index contributed by atoms with van der Waals surface area (Å²) in [4.78, 5) is 20.6. The van der Waals surface area contributed by atoms with Gasteiger partial charge in [0.15, 0.2) is 6.10 Å². The van der Waals surface area contributed by atoms with E-state index < -0.39 is 30.4 Å². The maximum Gasteiger partial charge on any atom is 0.275 e. The Hall–Kier alpha value is -2.57. The number of hydrogen-bond donors (Lipinski definition) is 1. The summed E-state index contributed by atoms with van der Waals surface area (Å²) >= 11 is 0. The Morgan fingerprint density at radius 2 is 2.12 bits per heavy atom. The Labute approximate surface area is 138 Å². The van der Waals surface area contributed by atoms with Crippen LogP contribution in [-0.2, 0) is 11.2 Å². The number of carbonyl (C=O) groups is 1. The minimum atomic E-state index is -2.75. The predicted molar refractivity (Wildman–Crippen MR) is 82.6 cm³/mol. The molecule has 0 radical (unpaired) electrons. The number of amides is 1. The highest BCUT2D eigenvalue weighted by Crippen LogP contribution is 2.33. The molecule has 0 saturated heterocycles. The Kier molecular flexibility index (Phi) is 4.69. The SMILES string of the molecule is C[C@H](NC(=O)[C@@H]1Cc2ccccc2O[C@H]1C(F)F)c1cnccn1. The maximum absolute atomic E-state index is 13.4. The lowest BCUT2D eigenvalue weighted by atomic mass is 9.89. The summed E-state index contributed by atoms with van der Waals surface area (Å²) < 4.78 is 32.1. The molecule has 0 saturated carbocycles. The molecule has 7 heteroatoms. The molecule has 3 rings (SSSR count). The van der Waals surface area contributed by atoms with Crippen molar-refractivity contribution in [1.29, 1.82) is 0 Å². The molecule has 0 bridgehead atoms. The van der Waals surface area contributed by atoms with Crippen molar-refractivity contribution in [2.45, 2.75) is 31.9 Å². The van der Waals surface area contributed by atoms with E-state index in [9.17, 15) is 13.6 Å². The number of aromatic nitrogens is 2. The first-order valence-electron chi connectivity index (χ1n) is 7.65. The van der Waals surface area contributed by atoms with E-state index in [2.05, 4.69) is 15.3 Å². The number of alkyl halides is 2. The molecular weight excluding hydrogens is 316 g/mol. The summed E-state index contributed by atoms with van der Waals surface area (Å²) in [6, 6.07) is 6.51. The molecule has 0 spiro atoms. The number of ether oxygens (including phenoxy) is 1. The van der Waals surface area contributed by atoms with Crippen LogP contribution in [-0.4, -0.2) is 28.4 Å². The van der Waals surface area contributed by atoms with Crippen LogP contribution in [0.1, 0.15) is 24.2 Å². The summed E-state index contributed by atoms with van der Waals surface area (Å²) in [6.07, 6.45) is 0.568. The van der Waals surface area contributed by atoms with Crippen LogP contribution in [0.5, 0.6) is 5.75 Å². The first-order valence-corrected chi connectivity index (χ1v) is 7.65. The molecule has 1 N–H and O–H groups in total. The number of halogens is 2. The highest BCUT2D eigenvalue weighted by molar-refractivity contribution is 5.80. The summed E-state index contributed by atoms with van der Waals surface area (Å²) in [5.41, 5.74) is 1.32. The van der Waals surface area contributed by atoms with Crippen LogP contribution in [0.15, 0.2) is 42.9 Å². The van der Waals surface area contributed by atoms with E-state index in [0.29, 0.717) is 11.4 Å². The summed E-state index contributed by atoms with van der Waals surface area (Å²) in [7, 11) is 0. The van der Waals surface area contributed by atoms with E-state index in [0.717, 1.165) is 5.56 Å². The van der Waals surface area contributed by atoms with E-state index in [1.54, 1.807) is 31.2 Å². The standard InChI is InChI=1S/C17H17F2N3O2/c1-10(13-9-20-6-7-21-13)22-17(23)12-8-11-4-2-3-5-14(11)24-15(12)16(18)19/h2-7,9-10,12,15-16H,8H2,1H3,(H,22,23)/t10-,12+,15+/m0/s1. The normalized spacial score (nSPS) is 20.8. The molecule has 2 aromatic rings. The van der Waals surface area contributed by atoms with Gasteiger partial charge in [0, 0.05) is 12.4 Å². The van der Waals surface area contributed by atoms with Crippen LogP contribution in [0.3, 0.4) is 0 Å². The molecule has 126 valence electrons. The van der Waals surface area contributed by atoms with Crippen LogP contribution in [0.2, 0.25) is 0 Å². The molecular formula is C17H17F2N3O2. The monoisotopic (exact) mass is 333 g/mol. The van der Waals surface area contributed by atoms with Crippen LogP contribution in [0, 0.1) is 5.92 Å². The van der Waals surface area contributed by atoms with Crippen LogP contribution in [0.25, 0.3) is 0 Å². The fourth-order valence-electron chi connectivity index (χ4n) is 2.77. The van der Waals surface area contributed by atoms with E-state index >= 15 is 0 Å². The zero-order valence-corrected chi connectivity index (χ0v) is 13.0. The van der Waals surface area contributed by atoms with Crippen molar-refractivity contribution >= 4 is 5.91 Å². The van der Waals surface area contributed by atoms with E-state index in [4.69, 9.17) is 4.74 Å². The van der Waals surface area contributed by atoms with Crippen molar-refractivity contribution < 1.29 is 18.3 Å². The number of rotatable bonds is 4. The minimum Gasteiger partial charge on any atom is -0.483 e. The lowest BCUT2D eigenvalue weighted by Gasteiger charge is -2.32. The minimum absolute atomic E-state index is 0.213. The van der Waals surface area contributed by atoms with E-state index in [1.807, 2.05) is 0 Å². The highest BCUT2D eigenvalue weighted by atomic mass is 19.3. The van der Waals surface area contributed by atoms with Crippen LogP contribution < -0.4 is 10.1 Å². The van der Waals surface area contributed by atoms with E-state index in [-0.39, 0.29) is 6.42 Å². The van der Waals surface area contributed by atoms with Gasteiger partial charge in [-0.1, -0.05) is 18.2 Å². The van der Waals surface area contributed by atoms with Gasteiger partial charge in [-0.2, -0.15) is 0 Å². The van der Waals surface area contributed by atoms with Gasteiger partial charge in [0.05, 0.1) is 23.9 Å². The molecule has 0 aliphatic carbocycles. The lowest BCUT2D eigenvalue weighted by Crippen LogP contribution is -2.47. The Morgan fingerprint density at radius 1 is 1.33 bits per heavy atom. The van der Waals surface area contributed by atoms with Crippen molar-refractivity contribution in [2.24, 2.45) is 5.92 Å². The molecule has 2 heterocycles. The van der Waals surface area contributed by atoms with Gasteiger partial charge in [-0.25, -0.2) is 8.78 Å². The molecule has 0 unspecified atom stereocenters. The fraction of sp³-hybridized carbons (Fsp3) is 0.353. The van der Waals surface area contributed by atoms with Gasteiger partial charge in [-0.3, -0.25) is 14.8 Å². The molecule has 24 heavy (non-hydrogen) atoms. The van der Waals surface area contributed by atoms with Gasteiger partial charge in [0.2, 0.25) is 5.91 Å². The maximum atomic E-state index is 13.4. The summed E-state index contributed by atoms with van der Waals surface area (Å²) in [5.74, 6) is -1.03. The average Bonchev–Trinajstić information content (AvgIpc) is 2.61. The van der Waals surface area contributed by atoms with Crippen LogP contribution >= 0.6 is 0 Å². The number of nitrogens with one attached hydrogen (secondary N) is 1. The van der Waals surface area contributed by atoms with E-state index in [1.165, 1.54) is 18.6 Å². The van der Waals surface area contributed by atoms with Crippen molar-refractivity contribution in [2.75, 3.05) is 0 Å².